The lowest BCUT2D eigenvalue weighted by molar-refractivity contribution is 0.0603. The van der Waals surface area contributed by atoms with Gasteiger partial charge in [0.05, 0.1) is 23.2 Å². The number of carbonyl (C=O) groups excluding carboxylic acids is 1. The van der Waals surface area contributed by atoms with Crippen LogP contribution >= 0.6 is 11.3 Å². The monoisotopic (exact) mass is 273 g/mol. The SMILES string of the molecule is COC(=O)c1cccc2[nH]c(-c3csc(C)n3)nc12. The number of hydrogen-bond donors (Lipinski definition) is 1. The maximum Gasteiger partial charge on any atom is 0.340 e. The Morgan fingerprint density at radius 2 is 2.21 bits per heavy atom. The lowest BCUT2D eigenvalue weighted by Gasteiger charge is -1.98. The number of imidazole rings is 1. The number of aromatic amines is 1. The first-order valence-corrected chi connectivity index (χ1v) is 6.56. The molecule has 19 heavy (non-hydrogen) atoms. The van der Waals surface area contributed by atoms with Crippen LogP contribution in [-0.4, -0.2) is 28.0 Å². The number of benzene rings is 1. The third kappa shape index (κ3) is 2.00. The molecule has 0 saturated carbocycles. The first-order valence-electron chi connectivity index (χ1n) is 5.68. The molecular weight excluding hydrogens is 262 g/mol. The van der Waals surface area contributed by atoms with Crippen LogP contribution in [0.25, 0.3) is 22.6 Å². The maximum atomic E-state index is 11.7. The van der Waals surface area contributed by atoms with E-state index in [2.05, 4.69) is 15.0 Å². The Hall–Kier alpha value is -2.21. The predicted octanol–water partition coefficient (Wildman–Crippen LogP) is 2.78. The molecule has 3 rings (SSSR count). The molecular formula is C13H11N3O2S. The topological polar surface area (TPSA) is 67.9 Å². The molecule has 2 heterocycles. The summed E-state index contributed by atoms with van der Waals surface area (Å²) < 4.78 is 4.76. The van der Waals surface area contributed by atoms with Crippen LogP contribution < -0.4 is 0 Å². The normalized spacial score (nSPS) is 10.8. The van der Waals surface area contributed by atoms with Gasteiger partial charge in [-0.1, -0.05) is 6.07 Å². The van der Waals surface area contributed by atoms with E-state index in [-0.39, 0.29) is 0 Å². The van der Waals surface area contributed by atoms with Crippen LogP contribution in [-0.2, 0) is 4.74 Å². The largest absolute Gasteiger partial charge is 0.465 e. The number of methoxy groups -OCH3 is 1. The molecule has 0 atom stereocenters. The van der Waals surface area contributed by atoms with Gasteiger partial charge < -0.3 is 9.72 Å². The maximum absolute atomic E-state index is 11.7. The van der Waals surface area contributed by atoms with E-state index >= 15 is 0 Å². The standard InChI is InChI=1S/C13H11N3O2S/c1-7-14-10(6-19-7)12-15-9-5-3-4-8(11(9)16-12)13(17)18-2/h3-6H,1-2H3,(H,15,16). The minimum atomic E-state index is -0.391. The van der Waals surface area contributed by atoms with Crippen LogP contribution in [0.1, 0.15) is 15.4 Å². The van der Waals surface area contributed by atoms with E-state index in [4.69, 9.17) is 4.74 Å². The van der Waals surface area contributed by atoms with Gasteiger partial charge in [0, 0.05) is 5.38 Å². The molecule has 0 amide bonds. The molecule has 2 aromatic heterocycles. The van der Waals surface area contributed by atoms with Crippen molar-refractivity contribution < 1.29 is 9.53 Å². The molecule has 1 N–H and O–H groups in total. The molecule has 0 bridgehead atoms. The van der Waals surface area contributed by atoms with Crippen LogP contribution in [0, 0.1) is 6.92 Å². The molecule has 0 radical (unpaired) electrons. The van der Waals surface area contributed by atoms with Crippen LogP contribution in [0.3, 0.4) is 0 Å². The third-order valence-corrected chi connectivity index (χ3v) is 3.55. The summed E-state index contributed by atoms with van der Waals surface area (Å²) in [6.07, 6.45) is 0. The minimum absolute atomic E-state index is 0.391. The Morgan fingerprint density at radius 3 is 2.89 bits per heavy atom. The first-order chi connectivity index (χ1) is 9.19. The zero-order chi connectivity index (χ0) is 13.4. The number of hydrogen-bond acceptors (Lipinski definition) is 5. The molecule has 0 saturated heterocycles. The van der Waals surface area contributed by atoms with Crippen molar-refractivity contribution in [2.45, 2.75) is 6.92 Å². The van der Waals surface area contributed by atoms with Crippen molar-refractivity contribution in [1.82, 2.24) is 15.0 Å². The molecule has 5 nitrogen and oxygen atoms in total. The third-order valence-electron chi connectivity index (χ3n) is 2.78. The molecule has 0 aliphatic carbocycles. The number of carbonyl (C=O) groups is 1. The van der Waals surface area contributed by atoms with E-state index in [1.807, 2.05) is 18.4 Å². The summed E-state index contributed by atoms with van der Waals surface area (Å²) in [5, 5.41) is 2.91. The average Bonchev–Trinajstić information content (AvgIpc) is 3.02. The molecule has 6 heteroatoms. The zero-order valence-electron chi connectivity index (χ0n) is 10.4. The van der Waals surface area contributed by atoms with Gasteiger partial charge in [-0.05, 0) is 19.1 Å². The zero-order valence-corrected chi connectivity index (χ0v) is 11.2. The van der Waals surface area contributed by atoms with Crippen LogP contribution in [0.5, 0.6) is 0 Å². The van der Waals surface area contributed by atoms with E-state index in [9.17, 15) is 4.79 Å². The first kappa shape index (κ1) is 11.9. The van der Waals surface area contributed by atoms with Crippen molar-refractivity contribution in [3.63, 3.8) is 0 Å². The van der Waals surface area contributed by atoms with Gasteiger partial charge in [-0.15, -0.1) is 11.3 Å². The van der Waals surface area contributed by atoms with E-state index in [1.54, 1.807) is 23.5 Å². The lowest BCUT2D eigenvalue weighted by atomic mass is 10.2. The Balaban J connectivity index is 2.18. The molecule has 0 aliphatic rings. The summed E-state index contributed by atoms with van der Waals surface area (Å²) in [7, 11) is 1.36. The summed E-state index contributed by atoms with van der Waals surface area (Å²) in [4.78, 5) is 23.7. The molecule has 1 aromatic carbocycles. The second kappa shape index (κ2) is 4.47. The van der Waals surface area contributed by atoms with E-state index in [1.165, 1.54) is 7.11 Å². The highest BCUT2D eigenvalue weighted by molar-refractivity contribution is 7.09. The Kier molecular flexibility index (Phi) is 2.79. The fourth-order valence-corrected chi connectivity index (χ4v) is 2.50. The van der Waals surface area contributed by atoms with Gasteiger partial charge in [0.25, 0.3) is 0 Å². The molecule has 96 valence electrons. The van der Waals surface area contributed by atoms with E-state index < -0.39 is 5.97 Å². The molecule has 0 aliphatic heterocycles. The number of fused-ring (bicyclic) bond motifs is 1. The quantitative estimate of drug-likeness (QED) is 0.729. The van der Waals surface area contributed by atoms with Crippen molar-refractivity contribution in [3.8, 4) is 11.5 Å². The van der Waals surface area contributed by atoms with Crippen molar-refractivity contribution in [3.05, 3.63) is 34.2 Å². The van der Waals surface area contributed by atoms with Gasteiger partial charge in [-0.25, -0.2) is 14.8 Å². The average molecular weight is 273 g/mol. The fourth-order valence-electron chi connectivity index (χ4n) is 1.90. The van der Waals surface area contributed by atoms with Crippen LogP contribution in [0.4, 0.5) is 0 Å². The highest BCUT2D eigenvalue weighted by Crippen LogP contribution is 2.24. The minimum Gasteiger partial charge on any atom is -0.465 e. The summed E-state index contributed by atoms with van der Waals surface area (Å²) in [5.74, 6) is 0.272. The Morgan fingerprint density at radius 1 is 1.37 bits per heavy atom. The predicted molar refractivity (Wildman–Crippen MR) is 73.3 cm³/mol. The van der Waals surface area contributed by atoms with Crippen molar-refractivity contribution in [2.75, 3.05) is 7.11 Å². The smallest absolute Gasteiger partial charge is 0.340 e. The van der Waals surface area contributed by atoms with E-state index in [0.717, 1.165) is 16.2 Å². The summed E-state index contributed by atoms with van der Waals surface area (Å²) in [5.41, 5.74) is 2.64. The number of rotatable bonds is 2. The summed E-state index contributed by atoms with van der Waals surface area (Å²) >= 11 is 1.56. The van der Waals surface area contributed by atoms with Gasteiger partial charge >= 0.3 is 5.97 Å². The van der Waals surface area contributed by atoms with Gasteiger partial charge in [0.1, 0.15) is 11.2 Å². The molecule has 0 unspecified atom stereocenters. The van der Waals surface area contributed by atoms with Crippen LogP contribution in [0.2, 0.25) is 0 Å². The number of aryl methyl sites for hydroxylation is 1. The number of esters is 1. The Labute approximate surface area is 113 Å². The fraction of sp³-hybridized carbons (Fsp3) is 0.154. The Bertz CT molecular complexity index is 760. The number of nitrogens with one attached hydrogen (secondary N) is 1. The number of para-hydroxylation sites is 1. The second-order valence-electron chi connectivity index (χ2n) is 4.03. The number of ether oxygens (including phenoxy) is 1. The number of H-pyrrole nitrogens is 1. The van der Waals surface area contributed by atoms with Gasteiger partial charge in [0.15, 0.2) is 5.82 Å². The highest BCUT2D eigenvalue weighted by Gasteiger charge is 2.15. The second-order valence-corrected chi connectivity index (χ2v) is 5.09. The van der Waals surface area contributed by atoms with Crippen molar-refractivity contribution in [1.29, 1.82) is 0 Å². The van der Waals surface area contributed by atoms with Crippen LogP contribution in [0.15, 0.2) is 23.6 Å². The highest BCUT2D eigenvalue weighted by atomic mass is 32.1. The lowest BCUT2D eigenvalue weighted by Crippen LogP contribution is -2.01. The number of thiazole rings is 1. The number of nitrogens with zero attached hydrogens (tertiary/aromatic N) is 2. The summed E-state index contributed by atoms with van der Waals surface area (Å²) in [6.45, 7) is 1.94. The van der Waals surface area contributed by atoms with Crippen molar-refractivity contribution >= 4 is 28.3 Å². The summed E-state index contributed by atoms with van der Waals surface area (Å²) in [6, 6.07) is 5.37. The van der Waals surface area contributed by atoms with Gasteiger partial charge in [-0.2, -0.15) is 0 Å². The van der Waals surface area contributed by atoms with E-state index in [0.29, 0.717) is 16.9 Å². The van der Waals surface area contributed by atoms with Crippen molar-refractivity contribution in [2.24, 2.45) is 0 Å². The number of aromatic nitrogens is 3. The molecule has 0 spiro atoms. The molecule has 0 fully saturated rings. The van der Waals surface area contributed by atoms with Gasteiger partial charge in [-0.3, -0.25) is 0 Å². The van der Waals surface area contributed by atoms with Gasteiger partial charge in [0.2, 0.25) is 0 Å². The molecule has 3 aromatic rings.